The molecule has 1 N–H and O–H groups in total. The van der Waals surface area contributed by atoms with Crippen molar-refractivity contribution in [3.05, 3.63) is 35.4 Å². The van der Waals surface area contributed by atoms with E-state index >= 15 is 0 Å². The molecule has 1 aromatic carbocycles. The number of nitrogens with zero attached hydrogens (tertiary/aromatic N) is 2. The monoisotopic (exact) mass is 295 g/mol. The van der Waals surface area contributed by atoms with E-state index in [0.29, 0.717) is 35.9 Å². The van der Waals surface area contributed by atoms with E-state index in [0.717, 1.165) is 0 Å². The van der Waals surface area contributed by atoms with E-state index in [1.165, 1.54) is 6.92 Å². The van der Waals surface area contributed by atoms with E-state index in [-0.39, 0.29) is 12.2 Å². The lowest BCUT2D eigenvalue weighted by Crippen LogP contribution is -2.06. The summed E-state index contributed by atoms with van der Waals surface area (Å²) in [5.41, 5.74) is 1.73. The van der Waals surface area contributed by atoms with Crippen molar-refractivity contribution >= 4 is 17.0 Å². The number of halogens is 2. The van der Waals surface area contributed by atoms with Crippen LogP contribution >= 0.6 is 0 Å². The molecule has 0 atom stereocenters. The van der Waals surface area contributed by atoms with E-state index in [2.05, 4.69) is 15.4 Å². The lowest BCUT2D eigenvalue weighted by molar-refractivity contribution is 0.0498. The van der Waals surface area contributed by atoms with Crippen molar-refractivity contribution in [1.82, 2.24) is 15.4 Å². The van der Waals surface area contributed by atoms with Crippen LogP contribution < -0.4 is 0 Å². The largest absolute Gasteiger partial charge is 0.462 e. The van der Waals surface area contributed by atoms with Crippen molar-refractivity contribution in [1.29, 1.82) is 0 Å². The van der Waals surface area contributed by atoms with Gasteiger partial charge in [0.1, 0.15) is 11.0 Å². The topological polar surface area (TPSA) is 67.9 Å². The fraction of sp³-hybridized carbons (Fsp3) is 0.357. The number of H-pyrrole nitrogens is 1. The van der Waals surface area contributed by atoms with E-state index in [1.807, 2.05) is 0 Å². The fourth-order valence-electron chi connectivity index (χ4n) is 1.80. The van der Waals surface area contributed by atoms with Crippen molar-refractivity contribution < 1.29 is 18.3 Å². The van der Waals surface area contributed by atoms with Crippen LogP contribution in [0.2, 0.25) is 0 Å². The maximum atomic E-state index is 12.2. The minimum atomic E-state index is -1.63. The molecule has 2 aromatic rings. The minimum absolute atomic E-state index is 0.0813. The maximum Gasteiger partial charge on any atom is 0.338 e. The zero-order chi connectivity index (χ0) is 15.2. The highest BCUT2D eigenvalue weighted by Crippen LogP contribution is 2.15. The molecule has 21 heavy (non-hydrogen) atoms. The molecule has 0 radical (unpaired) electrons. The van der Waals surface area contributed by atoms with Gasteiger partial charge in [-0.1, -0.05) is 0 Å². The van der Waals surface area contributed by atoms with Crippen LogP contribution in [0.4, 0.5) is 8.78 Å². The number of aromatic amines is 1. The maximum absolute atomic E-state index is 12.2. The molecule has 1 heterocycles. The molecule has 1 aromatic heterocycles. The number of carbonyl (C=O) groups is 1. The van der Waals surface area contributed by atoms with Gasteiger partial charge in [0, 0.05) is 0 Å². The third-order valence-corrected chi connectivity index (χ3v) is 3.05. The standard InChI is InChI=1S/C14H15F2N3O2/c1-9(13(15)16)4-2-3-7-21-14(20)10-5-6-11-12(8-10)18-19-17-11/h5-6,8H,2-4,7H2,1H3,(H,17,18,19). The van der Waals surface area contributed by atoms with Gasteiger partial charge in [0.25, 0.3) is 6.08 Å². The highest BCUT2D eigenvalue weighted by atomic mass is 19.3. The third-order valence-electron chi connectivity index (χ3n) is 3.05. The Hall–Kier alpha value is -2.31. The summed E-state index contributed by atoms with van der Waals surface area (Å²) in [7, 11) is 0. The van der Waals surface area contributed by atoms with E-state index in [4.69, 9.17) is 4.74 Å². The Morgan fingerprint density at radius 1 is 1.24 bits per heavy atom. The highest BCUT2D eigenvalue weighted by Gasteiger charge is 2.09. The molecular formula is C14H15F2N3O2. The molecule has 5 nitrogen and oxygen atoms in total. The predicted molar refractivity (Wildman–Crippen MR) is 72.9 cm³/mol. The predicted octanol–water partition coefficient (Wildman–Crippen LogP) is 3.46. The molecule has 0 saturated heterocycles. The van der Waals surface area contributed by atoms with Crippen LogP contribution in [0.5, 0.6) is 0 Å². The number of hydrogen-bond acceptors (Lipinski definition) is 4. The first-order valence-corrected chi connectivity index (χ1v) is 6.56. The second-order valence-electron chi connectivity index (χ2n) is 4.66. The Morgan fingerprint density at radius 3 is 2.76 bits per heavy atom. The number of allylic oxidation sites excluding steroid dienone is 1. The van der Waals surface area contributed by atoms with Crippen LogP contribution in [0.3, 0.4) is 0 Å². The lowest BCUT2D eigenvalue weighted by Gasteiger charge is -2.05. The number of ether oxygens (including phenoxy) is 1. The number of esters is 1. The number of fused-ring (bicyclic) bond motifs is 1. The van der Waals surface area contributed by atoms with Gasteiger partial charge in [-0.05, 0) is 50.0 Å². The van der Waals surface area contributed by atoms with Crippen molar-refractivity contribution in [2.24, 2.45) is 0 Å². The fourth-order valence-corrected chi connectivity index (χ4v) is 1.80. The van der Waals surface area contributed by atoms with Gasteiger partial charge in [-0.2, -0.15) is 24.2 Å². The summed E-state index contributed by atoms with van der Waals surface area (Å²) < 4.78 is 29.4. The van der Waals surface area contributed by atoms with Gasteiger partial charge in [-0.3, -0.25) is 0 Å². The van der Waals surface area contributed by atoms with Crippen molar-refractivity contribution in [3.63, 3.8) is 0 Å². The molecule has 0 amide bonds. The molecule has 0 bridgehead atoms. The number of aromatic nitrogens is 3. The highest BCUT2D eigenvalue weighted by molar-refractivity contribution is 5.93. The number of rotatable bonds is 6. The van der Waals surface area contributed by atoms with Crippen molar-refractivity contribution in [2.45, 2.75) is 26.2 Å². The SMILES string of the molecule is CC(CCCCOC(=O)c1ccc2n[nH]nc2c1)=C(F)F. The quantitative estimate of drug-likeness (QED) is 0.654. The van der Waals surface area contributed by atoms with Crippen molar-refractivity contribution in [2.75, 3.05) is 6.61 Å². The first-order chi connectivity index (χ1) is 10.1. The smallest absolute Gasteiger partial charge is 0.338 e. The first kappa shape index (κ1) is 15.1. The van der Waals surface area contributed by atoms with Crippen LogP contribution in [0.1, 0.15) is 36.5 Å². The second kappa shape index (κ2) is 6.92. The summed E-state index contributed by atoms with van der Waals surface area (Å²) in [6, 6.07) is 4.87. The molecule has 0 aliphatic rings. The van der Waals surface area contributed by atoms with Gasteiger partial charge in [0.15, 0.2) is 0 Å². The minimum Gasteiger partial charge on any atom is -0.462 e. The van der Waals surface area contributed by atoms with Crippen LogP contribution in [0.15, 0.2) is 29.9 Å². The molecule has 112 valence electrons. The molecule has 0 fully saturated rings. The molecule has 0 spiro atoms. The summed E-state index contributed by atoms with van der Waals surface area (Å²) in [6.45, 7) is 1.60. The van der Waals surface area contributed by atoms with Gasteiger partial charge in [0.05, 0.1) is 12.2 Å². The number of unbranched alkanes of at least 4 members (excludes halogenated alkanes) is 1. The number of nitrogens with one attached hydrogen (secondary N) is 1. The molecule has 0 saturated carbocycles. The van der Waals surface area contributed by atoms with Crippen LogP contribution in [-0.2, 0) is 4.74 Å². The molecule has 0 aliphatic heterocycles. The van der Waals surface area contributed by atoms with Crippen LogP contribution in [0, 0.1) is 0 Å². The molecule has 0 aliphatic carbocycles. The average Bonchev–Trinajstić information content (AvgIpc) is 2.93. The van der Waals surface area contributed by atoms with E-state index < -0.39 is 12.0 Å². The van der Waals surface area contributed by atoms with Gasteiger partial charge >= 0.3 is 5.97 Å². The first-order valence-electron chi connectivity index (χ1n) is 6.56. The van der Waals surface area contributed by atoms with Crippen LogP contribution in [-0.4, -0.2) is 28.0 Å². The molecule has 7 heteroatoms. The molecule has 2 rings (SSSR count). The van der Waals surface area contributed by atoms with Gasteiger partial charge in [0.2, 0.25) is 0 Å². The zero-order valence-electron chi connectivity index (χ0n) is 11.5. The van der Waals surface area contributed by atoms with E-state index in [9.17, 15) is 13.6 Å². The third kappa shape index (κ3) is 4.08. The van der Waals surface area contributed by atoms with Gasteiger partial charge in [-0.25, -0.2) is 4.79 Å². The molecule has 0 unspecified atom stereocenters. The number of benzene rings is 1. The summed E-state index contributed by atoms with van der Waals surface area (Å²) in [4.78, 5) is 11.8. The normalized spacial score (nSPS) is 10.6. The van der Waals surface area contributed by atoms with E-state index in [1.54, 1.807) is 18.2 Å². The lowest BCUT2D eigenvalue weighted by atomic mass is 10.1. The Kier molecular flexibility index (Phi) is 4.97. The Morgan fingerprint density at radius 2 is 2.00 bits per heavy atom. The second-order valence-corrected chi connectivity index (χ2v) is 4.66. The van der Waals surface area contributed by atoms with Crippen LogP contribution in [0.25, 0.3) is 11.0 Å². The Balaban J connectivity index is 1.78. The number of hydrogen-bond donors (Lipinski definition) is 1. The van der Waals surface area contributed by atoms with Gasteiger partial charge in [-0.15, -0.1) is 0 Å². The zero-order valence-corrected chi connectivity index (χ0v) is 11.5. The summed E-state index contributed by atoms with van der Waals surface area (Å²) in [6.07, 6.45) is -0.223. The van der Waals surface area contributed by atoms with Crippen molar-refractivity contribution in [3.8, 4) is 0 Å². The summed E-state index contributed by atoms with van der Waals surface area (Å²) in [5.74, 6) is -0.455. The Bertz CT molecular complexity index is 663. The number of carbonyl (C=O) groups excluding carboxylic acids is 1. The Labute approximate surface area is 120 Å². The average molecular weight is 295 g/mol. The summed E-state index contributed by atoms with van der Waals surface area (Å²) >= 11 is 0. The summed E-state index contributed by atoms with van der Waals surface area (Å²) in [5, 5.41) is 10.2. The molecular weight excluding hydrogens is 280 g/mol. The van der Waals surface area contributed by atoms with Gasteiger partial charge < -0.3 is 4.74 Å².